The number of nitrogens with two attached hydrogens (primary N) is 1. The Kier molecular flexibility index (Phi) is 9.14. The molecule has 170 valence electrons. The molecule has 2 aromatic rings. The van der Waals surface area contributed by atoms with Crippen molar-refractivity contribution in [3.8, 4) is 11.5 Å². The summed E-state index contributed by atoms with van der Waals surface area (Å²) < 4.78 is 35.7. The summed E-state index contributed by atoms with van der Waals surface area (Å²) in [5.74, 6) is 1.42. The Morgan fingerprint density at radius 3 is 1.65 bits per heavy atom. The van der Waals surface area contributed by atoms with Gasteiger partial charge in [0.1, 0.15) is 11.5 Å². The first-order chi connectivity index (χ1) is 14.7. The Hall–Kier alpha value is -2.31. The topological polar surface area (TPSA) is 78.6 Å². The zero-order valence-electron chi connectivity index (χ0n) is 19.0. The summed E-state index contributed by atoms with van der Waals surface area (Å²) in [7, 11) is -0.444. The molecule has 31 heavy (non-hydrogen) atoms. The van der Waals surface area contributed by atoms with Crippen LogP contribution in [0.5, 0.6) is 11.5 Å². The molecule has 2 N–H and O–H groups in total. The van der Waals surface area contributed by atoms with Gasteiger partial charge in [0.15, 0.2) is 0 Å². The molecule has 0 saturated carbocycles. The fourth-order valence-corrected chi connectivity index (χ4v) is 5.96. The lowest BCUT2D eigenvalue weighted by molar-refractivity contribution is 0.292. The predicted molar refractivity (Wildman–Crippen MR) is 127 cm³/mol. The minimum atomic E-state index is -3.72. The summed E-state index contributed by atoms with van der Waals surface area (Å²) in [4.78, 5) is 0. The number of sulfonamides is 1. The van der Waals surface area contributed by atoms with E-state index in [-0.39, 0.29) is 17.8 Å². The minimum absolute atomic E-state index is 0.0809. The monoisotopic (exact) mass is 445 g/mol. The van der Waals surface area contributed by atoms with Gasteiger partial charge < -0.3 is 9.47 Å². The van der Waals surface area contributed by atoms with Crippen molar-refractivity contribution in [2.75, 3.05) is 14.2 Å². The van der Waals surface area contributed by atoms with E-state index in [0.29, 0.717) is 6.42 Å². The molecule has 3 unspecified atom stereocenters. The molecule has 0 saturated heterocycles. The molecule has 0 bridgehead atoms. The highest BCUT2D eigenvalue weighted by Crippen LogP contribution is 2.33. The van der Waals surface area contributed by atoms with Gasteiger partial charge in [-0.25, -0.2) is 13.6 Å². The highest BCUT2D eigenvalue weighted by atomic mass is 32.2. The maximum absolute atomic E-state index is 12.6. The molecule has 2 aromatic carbocycles. The molecule has 0 aromatic heterocycles. The van der Waals surface area contributed by atoms with Crippen molar-refractivity contribution in [2.45, 2.75) is 38.4 Å². The van der Waals surface area contributed by atoms with Gasteiger partial charge in [0.05, 0.1) is 19.5 Å². The summed E-state index contributed by atoms with van der Waals surface area (Å²) in [6.07, 6.45) is 3.84. The second-order valence-electron chi connectivity index (χ2n) is 8.28. The van der Waals surface area contributed by atoms with Gasteiger partial charge >= 0.3 is 0 Å². The first-order valence-corrected chi connectivity index (χ1v) is 12.2. The van der Waals surface area contributed by atoms with Crippen LogP contribution in [0.4, 0.5) is 0 Å². The van der Waals surface area contributed by atoms with E-state index in [1.165, 1.54) is 0 Å². The summed E-state index contributed by atoms with van der Waals surface area (Å²) >= 11 is 0. The van der Waals surface area contributed by atoms with Crippen molar-refractivity contribution in [3.05, 3.63) is 72.3 Å². The summed E-state index contributed by atoms with van der Waals surface area (Å²) in [5.41, 5.74) is 2.27. The molecule has 2 rings (SSSR count). The zero-order chi connectivity index (χ0) is 23.0. The van der Waals surface area contributed by atoms with Gasteiger partial charge in [0, 0.05) is 0 Å². The third kappa shape index (κ3) is 7.11. The molecule has 0 aliphatic heterocycles. The van der Waals surface area contributed by atoms with Crippen LogP contribution in [0.25, 0.3) is 0 Å². The largest absolute Gasteiger partial charge is 0.497 e. The molecular formula is C25H35NO4S. The van der Waals surface area contributed by atoms with Gasteiger partial charge in [-0.3, -0.25) is 0 Å². The minimum Gasteiger partial charge on any atom is -0.497 e. The zero-order valence-corrected chi connectivity index (χ0v) is 19.8. The highest BCUT2D eigenvalue weighted by Gasteiger charge is 2.37. The van der Waals surface area contributed by atoms with Crippen LogP contribution in [0.1, 0.15) is 31.4 Å². The van der Waals surface area contributed by atoms with Crippen molar-refractivity contribution in [3.63, 3.8) is 0 Å². The van der Waals surface area contributed by atoms with E-state index >= 15 is 0 Å². The summed E-state index contributed by atoms with van der Waals surface area (Å²) in [6, 6.07) is 15.9. The molecular weight excluding hydrogens is 410 g/mol. The Morgan fingerprint density at radius 2 is 1.32 bits per heavy atom. The van der Waals surface area contributed by atoms with Gasteiger partial charge in [0.2, 0.25) is 10.0 Å². The van der Waals surface area contributed by atoms with Crippen LogP contribution < -0.4 is 14.6 Å². The molecule has 0 amide bonds. The van der Waals surface area contributed by atoms with Crippen molar-refractivity contribution < 1.29 is 17.9 Å². The van der Waals surface area contributed by atoms with E-state index < -0.39 is 15.3 Å². The molecule has 0 spiro atoms. The van der Waals surface area contributed by atoms with E-state index in [1.54, 1.807) is 20.3 Å². The van der Waals surface area contributed by atoms with Crippen LogP contribution in [0.3, 0.4) is 0 Å². The SMILES string of the molecule is C=CCC(C)C(C(C)C(Cc1ccc(OC)cc1)Cc1ccc(OC)cc1)S(N)(=O)=O. The second kappa shape index (κ2) is 11.3. The average molecular weight is 446 g/mol. The number of allylic oxidation sites excluding steroid dienone is 1. The molecule has 6 heteroatoms. The van der Waals surface area contributed by atoms with E-state index in [4.69, 9.17) is 14.6 Å². The van der Waals surface area contributed by atoms with Gasteiger partial charge in [-0.15, -0.1) is 6.58 Å². The number of primary sulfonamides is 1. The normalized spacial score (nSPS) is 14.6. The number of hydrogen-bond acceptors (Lipinski definition) is 4. The first kappa shape index (κ1) is 25.0. The van der Waals surface area contributed by atoms with Crippen LogP contribution >= 0.6 is 0 Å². The van der Waals surface area contributed by atoms with Crippen LogP contribution in [0.15, 0.2) is 61.2 Å². The van der Waals surface area contributed by atoms with E-state index in [0.717, 1.165) is 35.5 Å². The maximum atomic E-state index is 12.6. The Morgan fingerprint density at radius 1 is 0.903 bits per heavy atom. The Bertz CT molecular complexity index is 873. The first-order valence-electron chi connectivity index (χ1n) is 10.6. The molecule has 0 radical (unpaired) electrons. The van der Waals surface area contributed by atoms with Gasteiger partial charge in [-0.1, -0.05) is 44.2 Å². The number of methoxy groups -OCH3 is 2. The number of benzene rings is 2. The van der Waals surface area contributed by atoms with Crippen LogP contribution in [-0.4, -0.2) is 27.9 Å². The molecule has 5 nitrogen and oxygen atoms in total. The lowest BCUT2D eigenvalue weighted by Gasteiger charge is -2.33. The lowest BCUT2D eigenvalue weighted by atomic mass is 9.78. The van der Waals surface area contributed by atoms with Crippen LogP contribution in [0.2, 0.25) is 0 Å². The molecule has 0 aliphatic carbocycles. The highest BCUT2D eigenvalue weighted by molar-refractivity contribution is 7.89. The Balaban J connectivity index is 2.37. The van der Waals surface area contributed by atoms with E-state index in [2.05, 4.69) is 6.58 Å². The second-order valence-corrected chi connectivity index (χ2v) is 10.0. The fraction of sp³-hybridized carbons (Fsp3) is 0.440. The summed E-state index contributed by atoms with van der Waals surface area (Å²) in [6.45, 7) is 7.72. The van der Waals surface area contributed by atoms with Crippen LogP contribution in [0, 0.1) is 17.8 Å². The Labute approximate surface area is 187 Å². The smallest absolute Gasteiger partial charge is 0.212 e. The van der Waals surface area contributed by atoms with Crippen molar-refractivity contribution >= 4 is 10.0 Å². The van der Waals surface area contributed by atoms with Crippen molar-refractivity contribution in [2.24, 2.45) is 22.9 Å². The molecule has 0 aliphatic rings. The van der Waals surface area contributed by atoms with Crippen molar-refractivity contribution in [1.82, 2.24) is 0 Å². The van der Waals surface area contributed by atoms with E-state index in [1.807, 2.05) is 62.4 Å². The maximum Gasteiger partial charge on any atom is 0.212 e. The van der Waals surface area contributed by atoms with Crippen molar-refractivity contribution in [1.29, 1.82) is 0 Å². The van der Waals surface area contributed by atoms with Gasteiger partial charge in [-0.2, -0.15) is 0 Å². The molecule has 3 atom stereocenters. The number of ether oxygens (including phenoxy) is 2. The van der Waals surface area contributed by atoms with Gasteiger partial charge in [-0.05, 0) is 72.4 Å². The third-order valence-electron chi connectivity index (χ3n) is 6.05. The summed E-state index contributed by atoms with van der Waals surface area (Å²) in [5, 5.41) is 5.07. The lowest BCUT2D eigenvalue weighted by Crippen LogP contribution is -2.42. The fourth-order valence-electron chi connectivity index (χ4n) is 4.38. The number of rotatable bonds is 12. The molecule has 0 fully saturated rings. The standard InChI is InChI=1S/C25H35NO4S/c1-6-7-18(2)25(31(26,27)28)19(3)22(16-20-8-12-23(29-4)13-9-20)17-21-10-14-24(30-5)15-11-21/h6,8-15,18-19,22,25H,1,7,16-17H2,2-5H3,(H2,26,27,28). The average Bonchev–Trinajstić information content (AvgIpc) is 2.73. The number of hydrogen-bond donors (Lipinski definition) is 1. The predicted octanol–water partition coefficient (Wildman–Crippen LogP) is 4.61. The van der Waals surface area contributed by atoms with E-state index in [9.17, 15) is 8.42 Å². The third-order valence-corrected chi connectivity index (χ3v) is 7.71. The molecule has 0 heterocycles. The van der Waals surface area contributed by atoms with Gasteiger partial charge in [0.25, 0.3) is 0 Å². The van der Waals surface area contributed by atoms with Crippen LogP contribution in [-0.2, 0) is 22.9 Å². The quantitative estimate of drug-likeness (QED) is 0.484.